The highest BCUT2D eigenvalue weighted by atomic mass is 35.5. The Morgan fingerprint density at radius 3 is 2.33 bits per heavy atom. The summed E-state index contributed by atoms with van der Waals surface area (Å²) in [5.41, 5.74) is 1.52. The molecule has 1 aromatic carbocycles. The minimum atomic E-state index is -4.57. The number of amides is 1. The van der Waals surface area contributed by atoms with Gasteiger partial charge in [0.25, 0.3) is 0 Å². The molecule has 5 rings (SSSR count). The van der Waals surface area contributed by atoms with Crippen molar-refractivity contribution < 1.29 is 27.2 Å². The zero-order valence-electron chi connectivity index (χ0n) is 21.7. The van der Waals surface area contributed by atoms with Gasteiger partial charge in [0.15, 0.2) is 6.61 Å². The number of nitrogens with one attached hydrogen (secondary N) is 3. The molecule has 1 aromatic heterocycles. The SMILES string of the molecule is CCC1([Si](=O)NC(=O)c2ccc(Nc3nc(NC4(C5=CC=C(Cl)CC5)CC4)nc(OCC(F)(F)F)n3)cc2)CC1. The third-order valence-electron chi connectivity index (χ3n) is 7.44. The summed E-state index contributed by atoms with van der Waals surface area (Å²) in [5.74, 6) is -0.390. The van der Waals surface area contributed by atoms with E-state index in [1.165, 1.54) is 0 Å². The van der Waals surface area contributed by atoms with E-state index in [-0.39, 0.29) is 16.9 Å². The second-order valence-electron chi connectivity index (χ2n) is 10.3. The summed E-state index contributed by atoms with van der Waals surface area (Å²) in [4.78, 5) is 27.6. The first-order valence-electron chi connectivity index (χ1n) is 13.0. The Balaban J connectivity index is 1.31. The highest BCUT2D eigenvalue weighted by Crippen LogP contribution is 2.56. The van der Waals surface area contributed by atoms with Gasteiger partial charge in [-0.2, -0.15) is 28.1 Å². The molecule has 1 heterocycles. The lowest BCUT2D eigenvalue weighted by Crippen LogP contribution is -2.36. The van der Waals surface area contributed by atoms with Crippen LogP contribution in [-0.4, -0.2) is 48.0 Å². The average molecular weight is 593 g/mol. The van der Waals surface area contributed by atoms with Gasteiger partial charge in [0.1, 0.15) is 0 Å². The molecule has 40 heavy (non-hydrogen) atoms. The molecule has 14 heteroatoms. The molecular weight excluding hydrogens is 565 g/mol. The number of aromatic nitrogens is 3. The molecule has 0 radical (unpaired) electrons. The molecule has 212 valence electrons. The molecule has 0 spiro atoms. The fourth-order valence-corrected chi connectivity index (χ4v) is 6.26. The van der Waals surface area contributed by atoms with Gasteiger partial charge >= 0.3 is 21.0 Å². The van der Waals surface area contributed by atoms with E-state index in [1.54, 1.807) is 24.3 Å². The van der Waals surface area contributed by atoms with Crippen molar-refractivity contribution in [2.75, 3.05) is 17.2 Å². The van der Waals surface area contributed by atoms with Crippen LogP contribution in [0.15, 0.2) is 47.0 Å². The molecule has 2 aromatic rings. The van der Waals surface area contributed by atoms with E-state index in [2.05, 4.69) is 30.6 Å². The number of anilines is 3. The Labute approximate surface area is 235 Å². The molecule has 9 nitrogen and oxygen atoms in total. The van der Waals surface area contributed by atoms with Gasteiger partial charge in [0, 0.05) is 21.3 Å². The van der Waals surface area contributed by atoms with Crippen molar-refractivity contribution in [1.29, 1.82) is 0 Å². The summed E-state index contributed by atoms with van der Waals surface area (Å²) in [6, 6.07) is 5.80. The summed E-state index contributed by atoms with van der Waals surface area (Å²) >= 11 is 6.09. The van der Waals surface area contributed by atoms with Crippen LogP contribution in [0.3, 0.4) is 0 Å². The van der Waals surface area contributed by atoms with Crippen molar-refractivity contribution in [3.63, 3.8) is 0 Å². The Kier molecular flexibility index (Phi) is 7.70. The van der Waals surface area contributed by atoms with Crippen LogP contribution in [0, 0.1) is 0 Å². The highest BCUT2D eigenvalue weighted by Gasteiger charge is 2.50. The van der Waals surface area contributed by atoms with Gasteiger partial charge in [-0.25, -0.2) is 0 Å². The molecule has 3 N–H and O–H groups in total. The van der Waals surface area contributed by atoms with Crippen LogP contribution in [0.1, 0.15) is 62.2 Å². The molecule has 0 saturated heterocycles. The largest absolute Gasteiger partial charge is 0.454 e. The molecule has 3 aliphatic rings. The number of allylic oxidation sites excluding steroid dienone is 3. The van der Waals surface area contributed by atoms with Crippen LogP contribution in [0.4, 0.5) is 30.8 Å². The highest BCUT2D eigenvalue weighted by molar-refractivity contribution is 6.49. The van der Waals surface area contributed by atoms with E-state index in [0.717, 1.165) is 49.1 Å². The molecule has 0 unspecified atom stereocenters. The third-order valence-corrected chi connectivity index (χ3v) is 10.0. The molecular formula is C26H28ClF3N6O3Si. The number of alkyl halides is 3. The van der Waals surface area contributed by atoms with E-state index < -0.39 is 39.1 Å². The van der Waals surface area contributed by atoms with Crippen molar-refractivity contribution in [1.82, 2.24) is 19.9 Å². The second-order valence-corrected chi connectivity index (χ2v) is 12.8. The van der Waals surface area contributed by atoms with Crippen molar-refractivity contribution in [3.05, 3.63) is 52.6 Å². The number of ether oxygens (including phenoxy) is 1. The van der Waals surface area contributed by atoms with Crippen LogP contribution in [0.25, 0.3) is 0 Å². The van der Waals surface area contributed by atoms with Crippen LogP contribution < -0.4 is 20.4 Å². The summed E-state index contributed by atoms with van der Waals surface area (Å²) in [7, 11) is -2.26. The first-order chi connectivity index (χ1) is 19.0. The van der Waals surface area contributed by atoms with Crippen molar-refractivity contribution in [2.24, 2.45) is 0 Å². The quantitative estimate of drug-likeness (QED) is 0.275. The Morgan fingerprint density at radius 1 is 1.05 bits per heavy atom. The number of carbonyl (C=O) groups is 1. The predicted molar refractivity (Wildman–Crippen MR) is 144 cm³/mol. The smallest absolute Gasteiger partial charge is 0.422 e. The number of carbonyl (C=O) groups excluding carboxylic acids is 1. The Bertz CT molecular complexity index is 1370. The number of hydrogen-bond donors (Lipinski definition) is 3. The maximum Gasteiger partial charge on any atom is 0.422 e. The zero-order valence-corrected chi connectivity index (χ0v) is 23.5. The molecule has 3 aliphatic carbocycles. The van der Waals surface area contributed by atoms with Gasteiger partial charge in [-0.1, -0.05) is 24.6 Å². The minimum Gasteiger partial charge on any atom is -0.454 e. The summed E-state index contributed by atoms with van der Waals surface area (Å²) in [5, 5.41) is 6.70. The number of hydrogen-bond acceptors (Lipinski definition) is 8. The van der Waals surface area contributed by atoms with Gasteiger partial charge in [-0.05, 0) is 80.9 Å². The van der Waals surface area contributed by atoms with Gasteiger partial charge in [-0.3, -0.25) is 4.79 Å². The lowest BCUT2D eigenvalue weighted by molar-refractivity contribution is -0.154. The summed E-state index contributed by atoms with van der Waals surface area (Å²) < 4.78 is 55.8. The molecule has 0 bridgehead atoms. The minimum absolute atomic E-state index is 0.0353. The lowest BCUT2D eigenvalue weighted by Gasteiger charge is -2.23. The second kappa shape index (κ2) is 10.9. The van der Waals surface area contributed by atoms with Crippen molar-refractivity contribution in [2.45, 2.75) is 68.6 Å². The first kappa shape index (κ1) is 28.2. The Hall–Kier alpha value is -3.32. The van der Waals surface area contributed by atoms with E-state index in [1.807, 2.05) is 19.1 Å². The number of rotatable bonds is 11. The van der Waals surface area contributed by atoms with Gasteiger partial charge in [-0.15, -0.1) is 0 Å². The monoisotopic (exact) mass is 592 g/mol. The van der Waals surface area contributed by atoms with Gasteiger partial charge in [0.2, 0.25) is 17.8 Å². The number of halogens is 4. The topological polar surface area (TPSA) is 118 Å². The maximum absolute atomic E-state index is 12.8. The van der Waals surface area contributed by atoms with Crippen LogP contribution in [0.5, 0.6) is 6.01 Å². The van der Waals surface area contributed by atoms with Crippen LogP contribution >= 0.6 is 11.6 Å². The van der Waals surface area contributed by atoms with Gasteiger partial charge < -0.3 is 24.8 Å². The van der Waals surface area contributed by atoms with E-state index in [4.69, 9.17) is 16.3 Å². The summed E-state index contributed by atoms with van der Waals surface area (Å²) in [6.45, 7) is 0.413. The molecule has 0 aliphatic heterocycles. The molecule has 0 atom stereocenters. The van der Waals surface area contributed by atoms with E-state index >= 15 is 0 Å². The molecule has 2 fully saturated rings. The Morgan fingerprint density at radius 2 is 1.75 bits per heavy atom. The first-order valence-corrected chi connectivity index (χ1v) is 14.8. The average Bonchev–Trinajstić information content (AvgIpc) is 3.84. The molecule has 1 amide bonds. The van der Waals surface area contributed by atoms with Crippen molar-refractivity contribution in [3.8, 4) is 6.01 Å². The fraction of sp³-hybridized carbons (Fsp3) is 0.462. The van der Waals surface area contributed by atoms with Crippen LogP contribution in [-0.2, 0) is 4.46 Å². The third kappa shape index (κ3) is 6.69. The lowest BCUT2D eigenvalue weighted by atomic mass is 9.96. The van der Waals surface area contributed by atoms with Gasteiger partial charge in [0.05, 0.1) is 5.54 Å². The number of nitrogens with zero attached hydrogens (tertiary/aromatic N) is 3. The predicted octanol–water partition coefficient (Wildman–Crippen LogP) is 5.94. The standard InChI is InChI=1S/C26H28ClF3N6O3Si/c1-2-24(11-12-24)40(38)36-20(37)16-3-9-19(10-4-16)31-21-32-22(34-23(33-21)39-15-26(28,29)30)35-25(13-14-25)17-5-7-18(27)8-6-17/h3-5,7,9-10H,2,6,8,11-15H2,1H3,(H,36,37)(H2,31,32,33,34,35). The van der Waals surface area contributed by atoms with E-state index in [9.17, 15) is 22.4 Å². The normalized spacial score (nSPS) is 18.6. The maximum atomic E-state index is 12.8. The summed E-state index contributed by atoms with van der Waals surface area (Å²) in [6.07, 6.45) is 4.79. The van der Waals surface area contributed by atoms with Crippen LogP contribution in [0.2, 0.25) is 5.04 Å². The molecule has 2 saturated carbocycles. The fourth-order valence-electron chi connectivity index (χ4n) is 4.59. The zero-order chi connectivity index (χ0) is 28.5. The van der Waals surface area contributed by atoms with E-state index in [0.29, 0.717) is 17.7 Å². The number of benzene rings is 1. The van der Waals surface area contributed by atoms with Crippen molar-refractivity contribution >= 4 is 43.9 Å².